The van der Waals surface area contributed by atoms with Gasteiger partial charge in [-0.1, -0.05) is 50.1 Å². The highest BCUT2D eigenvalue weighted by atomic mass is 16.2. The van der Waals surface area contributed by atoms with E-state index in [0.29, 0.717) is 23.6 Å². The number of imidazole rings is 1. The van der Waals surface area contributed by atoms with E-state index in [9.17, 15) is 9.59 Å². The summed E-state index contributed by atoms with van der Waals surface area (Å²) in [5.74, 6) is 1.23. The van der Waals surface area contributed by atoms with Crippen molar-refractivity contribution in [2.45, 2.75) is 58.0 Å². The first kappa shape index (κ1) is 16.8. The van der Waals surface area contributed by atoms with E-state index in [0.717, 1.165) is 30.7 Å². The Kier molecular flexibility index (Phi) is 4.49. The normalized spacial score (nSPS) is 15.1. The number of hydrogen-bond acceptors (Lipinski definition) is 3. The quantitative estimate of drug-likeness (QED) is 0.767. The predicted octanol–water partition coefficient (Wildman–Crippen LogP) is 3.00. The lowest BCUT2D eigenvalue weighted by Crippen LogP contribution is -2.40. The number of H-pyrrole nitrogens is 1. The van der Waals surface area contributed by atoms with Crippen molar-refractivity contribution >= 4 is 11.2 Å². The van der Waals surface area contributed by atoms with Gasteiger partial charge in [0.1, 0.15) is 11.3 Å². The standard InChI is InChI=1S/C20H24N4O2/c1-2-12-23-18-16(21-17(22-18)15-10-6-7-11-15)19(25)24(20(23)26)13-14-8-4-3-5-9-14/h3-5,8-9,15H,2,6-7,10-13H2,1H3,(H,21,22). The number of aryl methyl sites for hydroxylation is 1. The number of hydrogen-bond donors (Lipinski definition) is 1. The van der Waals surface area contributed by atoms with E-state index in [1.54, 1.807) is 4.57 Å². The van der Waals surface area contributed by atoms with Crippen molar-refractivity contribution in [1.29, 1.82) is 0 Å². The van der Waals surface area contributed by atoms with Gasteiger partial charge in [0.15, 0.2) is 5.65 Å². The molecule has 1 fully saturated rings. The Balaban J connectivity index is 1.89. The summed E-state index contributed by atoms with van der Waals surface area (Å²) >= 11 is 0. The van der Waals surface area contributed by atoms with Crippen LogP contribution in [0.25, 0.3) is 11.2 Å². The second-order valence-electron chi connectivity index (χ2n) is 7.11. The van der Waals surface area contributed by atoms with Crippen molar-refractivity contribution in [3.8, 4) is 0 Å². The van der Waals surface area contributed by atoms with Crippen LogP contribution in [0.2, 0.25) is 0 Å². The van der Waals surface area contributed by atoms with Crippen molar-refractivity contribution in [3.63, 3.8) is 0 Å². The third-order valence-corrected chi connectivity index (χ3v) is 5.25. The predicted molar refractivity (Wildman–Crippen MR) is 102 cm³/mol. The maximum atomic E-state index is 13.0. The Morgan fingerprint density at radius 3 is 2.54 bits per heavy atom. The molecule has 6 heteroatoms. The number of aromatic amines is 1. The van der Waals surface area contributed by atoms with Crippen molar-refractivity contribution in [3.05, 3.63) is 62.6 Å². The molecular weight excluding hydrogens is 328 g/mol. The number of nitrogens with one attached hydrogen (secondary N) is 1. The fraction of sp³-hybridized carbons (Fsp3) is 0.450. The average Bonchev–Trinajstić information content (AvgIpc) is 3.32. The molecular formula is C20H24N4O2. The number of rotatable bonds is 5. The maximum Gasteiger partial charge on any atom is 0.333 e. The molecule has 1 aliphatic carbocycles. The average molecular weight is 352 g/mol. The van der Waals surface area contributed by atoms with Gasteiger partial charge in [0.05, 0.1) is 6.54 Å². The molecule has 0 spiro atoms. The van der Waals surface area contributed by atoms with Crippen LogP contribution in [0, 0.1) is 0 Å². The van der Waals surface area contributed by atoms with Gasteiger partial charge in [0.25, 0.3) is 5.56 Å². The molecule has 2 heterocycles. The number of aromatic nitrogens is 4. The first-order chi connectivity index (χ1) is 12.7. The van der Waals surface area contributed by atoms with E-state index in [1.165, 1.54) is 17.4 Å². The number of fused-ring (bicyclic) bond motifs is 1. The zero-order valence-electron chi connectivity index (χ0n) is 15.1. The van der Waals surface area contributed by atoms with Gasteiger partial charge in [0, 0.05) is 12.5 Å². The van der Waals surface area contributed by atoms with Gasteiger partial charge in [-0.05, 0) is 24.8 Å². The summed E-state index contributed by atoms with van der Waals surface area (Å²) in [6, 6.07) is 9.61. The van der Waals surface area contributed by atoms with Crippen LogP contribution in [0.4, 0.5) is 0 Å². The highest BCUT2D eigenvalue weighted by molar-refractivity contribution is 5.70. The summed E-state index contributed by atoms with van der Waals surface area (Å²) in [7, 11) is 0. The molecule has 1 N–H and O–H groups in total. The summed E-state index contributed by atoms with van der Waals surface area (Å²) in [5, 5.41) is 0. The molecule has 2 aromatic heterocycles. The minimum absolute atomic E-state index is 0.274. The molecule has 0 radical (unpaired) electrons. The Morgan fingerprint density at radius 1 is 1.12 bits per heavy atom. The van der Waals surface area contributed by atoms with E-state index >= 15 is 0 Å². The van der Waals surface area contributed by atoms with E-state index < -0.39 is 0 Å². The van der Waals surface area contributed by atoms with Gasteiger partial charge in [-0.3, -0.25) is 13.9 Å². The summed E-state index contributed by atoms with van der Waals surface area (Å²) in [6.45, 7) is 2.85. The number of nitrogens with zero attached hydrogens (tertiary/aromatic N) is 3. The smallest absolute Gasteiger partial charge is 0.333 e. The molecule has 0 saturated heterocycles. The minimum Gasteiger partial charge on any atom is -0.336 e. The van der Waals surface area contributed by atoms with Crippen LogP contribution < -0.4 is 11.2 Å². The molecule has 26 heavy (non-hydrogen) atoms. The van der Waals surface area contributed by atoms with Crippen LogP contribution in [-0.2, 0) is 13.1 Å². The molecule has 0 amide bonds. The summed E-state index contributed by atoms with van der Waals surface area (Å²) in [5.41, 5.74) is 1.34. The first-order valence-electron chi connectivity index (χ1n) is 9.46. The van der Waals surface area contributed by atoms with Gasteiger partial charge in [0.2, 0.25) is 0 Å². The molecule has 0 atom stereocenters. The second-order valence-corrected chi connectivity index (χ2v) is 7.11. The van der Waals surface area contributed by atoms with Crippen LogP contribution in [0.15, 0.2) is 39.9 Å². The SMILES string of the molecule is CCCn1c(=O)n(Cc2ccccc2)c(=O)c2[nH]c(C3CCCC3)nc21. The Hall–Kier alpha value is -2.63. The Morgan fingerprint density at radius 2 is 1.85 bits per heavy atom. The van der Waals surface area contributed by atoms with Gasteiger partial charge >= 0.3 is 5.69 Å². The molecule has 1 aliphatic rings. The summed E-state index contributed by atoms with van der Waals surface area (Å²) in [6.07, 6.45) is 5.39. The molecule has 3 aromatic rings. The fourth-order valence-electron chi connectivity index (χ4n) is 3.91. The highest BCUT2D eigenvalue weighted by Gasteiger charge is 2.23. The molecule has 0 unspecified atom stereocenters. The van der Waals surface area contributed by atoms with Crippen molar-refractivity contribution in [2.75, 3.05) is 0 Å². The van der Waals surface area contributed by atoms with Gasteiger partial charge in [-0.25, -0.2) is 9.78 Å². The van der Waals surface area contributed by atoms with Crippen molar-refractivity contribution < 1.29 is 0 Å². The van der Waals surface area contributed by atoms with E-state index in [-0.39, 0.29) is 17.8 Å². The second kappa shape index (κ2) is 6.94. The van der Waals surface area contributed by atoms with E-state index in [1.807, 2.05) is 37.3 Å². The summed E-state index contributed by atoms with van der Waals surface area (Å²) in [4.78, 5) is 33.9. The zero-order valence-corrected chi connectivity index (χ0v) is 15.1. The molecule has 136 valence electrons. The van der Waals surface area contributed by atoms with Crippen molar-refractivity contribution in [2.24, 2.45) is 0 Å². The molecule has 1 aromatic carbocycles. The van der Waals surface area contributed by atoms with Crippen LogP contribution in [0.3, 0.4) is 0 Å². The lowest BCUT2D eigenvalue weighted by Gasteiger charge is -2.10. The minimum atomic E-state index is -0.280. The van der Waals surface area contributed by atoms with Crippen LogP contribution in [0.1, 0.15) is 56.3 Å². The lowest BCUT2D eigenvalue weighted by atomic mass is 10.1. The third-order valence-electron chi connectivity index (χ3n) is 5.25. The van der Waals surface area contributed by atoms with E-state index in [4.69, 9.17) is 0 Å². The van der Waals surface area contributed by atoms with Crippen LogP contribution in [-0.4, -0.2) is 19.1 Å². The monoisotopic (exact) mass is 352 g/mol. The van der Waals surface area contributed by atoms with E-state index in [2.05, 4.69) is 9.97 Å². The highest BCUT2D eigenvalue weighted by Crippen LogP contribution is 2.32. The summed E-state index contributed by atoms with van der Waals surface area (Å²) < 4.78 is 2.97. The van der Waals surface area contributed by atoms with Gasteiger partial charge in [-0.2, -0.15) is 0 Å². The molecule has 4 rings (SSSR count). The van der Waals surface area contributed by atoms with Gasteiger partial charge in [-0.15, -0.1) is 0 Å². The maximum absolute atomic E-state index is 13.0. The topological polar surface area (TPSA) is 72.7 Å². The van der Waals surface area contributed by atoms with Gasteiger partial charge < -0.3 is 4.98 Å². The Bertz CT molecular complexity index is 1020. The third kappa shape index (κ3) is 2.89. The number of benzene rings is 1. The largest absolute Gasteiger partial charge is 0.336 e. The first-order valence-corrected chi connectivity index (χ1v) is 9.46. The van der Waals surface area contributed by atoms with Crippen molar-refractivity contribution in [1.82, 2.24) is 19.1 Å². The Labute approximate surface area is 151 Å². The molecule has 6 nitrogen and oxygen atoms in total. The molecule has 1 saturated carbocycles. The lowest BCUT2D eigenvalue weighted by molar-refractivity contribution is 0.589. The molecule has 0 aliphatic heterocycles. The zero-order chi connectivity index (χ0) is 18.1. The molecule has 0 bridgehead atoms. The van der Waals surface area contributed by atoms with Crippen LogP contribution in [0.5, 0.6) is 0 Å². The fourth-order valence-corrected chi connectivity index (χ4v) is 3.91. The van der Waals surface area contributed by atoms with Crippen LogP contribution >= 0.6 is 0 Å².